The van der Waals surface area contributed by atoms with E-state index in [4.69, 9.17) is 9.47 Å². The predicted molar refractivity (Wildman–Crippen MR) is 209 cm³/mol. The number of carbonyl (C=O) groups excluding carboxylic acids is 3. The van der Waals surface area contributed by atoms with Gasteiger partial charge in [-0.15, -0.1) is 0 Å². The van der Waals surface area contributed by atoms with Gasteiger partial charge in [-0.1, -0.05) is 5.16 Å². The maximum Gasteiger partial charge on any atom is 0.376 e. The Hall–Kier alpha value is -4.05. The molecule has 13 nitrogen and oxygen atoms in total. The molecule has 6 aliphatic heterocycles. The van der Waals surface area contributed by atoms with Crippen molar-refractivity contribution in [2.45, 2.75) is 89.1 Å². The number of likely N-dealkylation sites (tertiary alicyclic amines) is 2. The topological polar surface area (TPSA) is 156 Å². The lowest BCUT2D eigenvalue weighted by atomic mass is 9.80. The first-order valence-electron chi connectivity index (χ1n) is 20.4. The molecule has 2 spiro atoms. The van der Waals surface area contributed by atoms with E-state index in [0.29, 0.717) is 86.6 Å². The van der Waals surface area contributed by atoms with Crippen molar-refractivity contribution in [3.8, 4) is 11.5 Å². The predicted octanol–water partition coefficient (Wildman–Crippen LogP) is 3.94. The molecule has 0 bridgehead atoms. The fraction of sp³-hybridized carbons (Fsp3) is 0.600. The summed E-state index contributed by atoms with van der Waals surface area (Å²) in [6.45, 7) is 8.76. The third kappa shape index (κ3) is 9.01. The van der Waals surface area contributed by atoms with Gasteiger partial charge in [-0.05, 0) is 102 Å². The van der Waals surface area contributed by atoms with E-state index in [1.54, 1.807) is 19.7 Å². The minimum atomic E-state index is -0.589. The zero-order valence-corrected chi connectivity index (χ0v) is 32.9. The Morgan fingerprint density at radius 1 is 0.684 bits per heavy atom. The van der Waals surface area contributed by atoms with Gasteiger partial charge in [0.25, 0.3) is 0 Å². The highest BCUT2D eigenvalue weighted by atomic mass is 19.1. The minimum Gasteiger partial charge on any atom is -0.486 e. The van der Waals surface area contributed by atoms with Gasteiger partial charge in [-0.25, -0.2) is 8.78 Å². The van der Waals surface area contributed by atoms with Crippen LogP contribution in [0.1, 0.15) is 80.1 Å². The lowest BCUT2D eigenvalue weighted by Crippen LogP contribution is -2.54. The van der Waals surface area contributed by atoms with Crippen molar-refractivity contribution < 1.29 is 47.9 Å². The second-order valence-corrected chi connectivity index (χ2v) is 16.7. The summed E-state index contributed by atoms with van der Waals surface area (Å²) in [6.07, 6.45) is 6.18. The quantitative estimate of drug-likeness (QED) is 0.236. The van der Waals surface area contributed by atoms with Crippen molar-refractivity contribution in [3.05, 3.63) is 59.2 Å². The van der Waals surface area contributed by atoms with Crippen LogP contribution in [0.2, 0.25) is 13.6 Å². The first-order valence-corrected chi connectivity index (χ1v) is 20.4. The van der Waals surface area contributed by atoms with Crippen molar-refractivity contribution in [1.82, 2.24) is 19.4 Å². The number of benzene rings is 2. The number of piperidine rings is 4. The summed E-state index contributed by atoms with van der Waals surface area (Å²) in [5, 5.41) is 32.2. The third-order valence-corrected chi connectivity index (χ3v) is 13.0. The van der Waals surface area contributed by atoms with Gasteiger partial charge in [0.1, 0.15) is 34.3 Å². The van der Waals surface area contributed by atoms with E-state index in [1.807, 2.05) is 19.4 Å². The van der Waals surface area contributed by atoms with Crippen LogP contribution in [0.5, 0.6) is 11.5 Å². The fourth-order valence-electron chi connectivity index (χ4n) is 9.43. The molecule has 6 heterocycles. The van der Waals surface area contributed by atoms with Gasteiger partial charge in [-0.2, -0.15) is 0 Å². The number of fused-ring (bicyclic) bond motifs is 2. The Labute approximate surface area is 333 Å². The molecule has 6 aliphatic rings. The lowest BCUT2D eigenvalue weighted by molar-refractivity contribution is -0.141. The molecular formula is C40H53B2F2N5O8. The largest absolute Gasteiger partial charge is 0.486 e. The summed E-state index contributed by atoms with van der Waals surface area (Å²) in [4.78, 5) is 46.1. The summed E-state index contributed by atoms with van der Waals surface area (Å²) >= 11 is 0. The maximum atomic E-state index is 13.6. The summed E-state index contributed by atoms with van der Waals surface area (Å²) in [5.41, 5.74) is 0.110. The number of hydrogen-bond acceptors (Lipinski definition) is 11. The molecule has 2 aromatic carbocycles. The van der Waals surface area contributed by atoms with Crippen LogP contribution < -0.4 is 9.47 Å². The highest BCUT2D eigenvalue weighted by Crippen LogP contribution is 2.42. The number of Topliss-reactive ketones (excluding diaryl/α,β-unsaturated/α-hetero) is 1. The Bertz CT molecular complexity index is 1840. The number of ether oxygens (including phenoxy) is 2. The Morgan fingerprint density at radius 3 is 1.51 bits per heavy atom. The van der Waals surface area contributed by atoms with Crippen molar-refractivity contribution in [1.29, 1.82) is 0 Å². The van der Waals surface area contributed by atoms with Gasteiger partial charge >= 0.3 is 14.1 Å². The van der Waals surface area contributed by atoms with E-state index >= 15 is 0 Å². The molecule has 0 unspecified atom stereocenters. The molecule has 2 amide bonds. The molecule has 57 heavy (non-hydrogen) atoms. The van der Waals surface area contributed by atoms with Crippen molar-refractivity contribution in [2.24, 2.45) is 17.0 Å². The molecule has 4 saturated heterocycles. The van der Waals surface area contributed by atoms with E-state index in [1.165, 1.54) is 30.3 Å². The van der Waals surface area contributed by atoms with E-state index in [9.17, 15) is 38.4 Å². The number of halogens is 2. The number of carbonyl (C=O) groups is 3. The average molecular weight is 792 g/mol. The lowest BCUT2D eigenvalue weighted by Gasteiger charge is -2.45. The van der Waals surface area contributed by atoms with Crippen LogP contribution in [0, 0.1) is 23.5 Å². The number of amides is 2. The normalized spacial score (nSPS) is 23.2. The first-order chi connectivity index (χ1) is 27.3. The van der Waals surface area contributed by atoms with Gasteiger partial charge in [0, 0.05) is 75.7 Å². The Kier molecular flexibility index (Phi) is 12.3. The summed E-state index contributed by atoms with van der Waals surface area (Å²) in [7, 11) is -0.939. The summed E-state index contributed by atoms with van der Waals surface area (Å²) < 4.78 is 39.4. The molecule has 4 fully saturated rings. The van der Waals surface area contributed by atoms with Gasteiger partial charge in [-0.3, -0.25) is 14.4 Å². The van der Waals surface area contributed by atoms with Gasteiger partial charge in [0.15, 0.2) is 5.78 Å². The number of nitrogens with zero attached hydrogens (tertiary/aromatic N) is 5. The average Bonchev–Trinajstić information content (AvgIpc) is 3.21. The van der Waals surface area contributed by atoms with E-state index in [2.05, 4.69) is 5.16 Å². The van der Waals surface area contributed by atoms with Crippen LogP contribution in [0.25, 0.3) is 0 Å². The smallest absolute Gasteiger partial charge is 0.376 e. The van der Waals surface area contributed by atoms with E-state index in [0.717, 1.165) is 51.9 Å². The number of oxime groups is 1. The van der Waals surface area contributed by atoms with Gasteiger partial charge < -0.3 is 44.2 Å². The number of hydrogen-bond donors (Lipinski definition) is 3. The van der Waals surface area contributed by atoms with Crippen LogP contribution in [-0.4, -0.2) is 136 Å². The third-order valence-electron chi connectivity index (χ3n) is 13.0. The number of rotatable bonds is 4. The van der Waals surface area contributed by atoms with E-state index < -0.39 is 36.9 Å². The second kappa shape index (κ2) is 17.0. The highest BCUT2D eigenvalue weighted by Gasteiger charge is 2.46. The monoisotopic (exact) mass is 791 g/mol. The standard InChI is InChI=1S/C20H27BFN3O4.C20H26BFN2O4/c1-21(27)25-8-4-14(5-9-25)19(26)24-10-6-20(7-11-24)13-17(23-28)16-12-15(22)2-3-18(16)29-20;1-21(27)24-8-4-14(5-9-24)19(26)23-10-6-20(7-11-23)13-17(25)16-12-15(22)2-3-18(16)28-20/h2-3,12,14,27-28H,4-11,13H2,1H3;2-3,12,14,27H,4-11,13H2,1H3/b23-17+;. The molecule has 0 aliphatic carbocycles. The summed E-state index contributed by atoms with van der Waals surface area (Å²) in [5.74, 6) is 0.403. The maximum absolute atomic E-state index is 13.6. The molecular weight excluding hydrogens is 738 g/mol. The van der Waals surface area contributed by atoms with E-state index in [-0.39, 0.29) is 35.9 Å². The Balaban J connectivity index is 0.000000174. The van der Waals surface area contributed by atoms with Crippen LogP contribution in [0.4, 0.5) is 8.78 Å². The van der Waals surface area contributed by atoms with Gasteiger partial charge in [0.05, 0.1) is 17.7 Å². The molecule has 17 heteroatoms. The first kappa shape index (κ1) is 41.1. The molecule has 2 aromatic rings. The molecule has 0 atom stereocenters. The van der Waals surface area contributed by atoms with Crippen molar-refractivity contribution >= 4 is 37.4 Å². The minimum absolute atomic E-state index is 0.00153. The SMILES string of the molecule is CB(O)N1CCC(C(=O)N2CCC3(CC2)C/C(=N\O)c2cc(F)ccc2O3)CC1.CB(O)N1CCC(C(=O)N2CCC3(CC2)CC(=O)c2cc(F)ccc2O3)CC1. The zero-order chi connectivity index (χ0) is 40.5. The molecule has 0 saturated carbocycles. The van der Waals surface area contributed by atoms with Crippen LogP contribution in [0.15, 0.2) is 41.6 Å². The second-order valence-electron chi connectivity index (χ2n) is 16.7. The van der Waals surface area contributed by atoms with Gasteiger partial charge in [0.2, 0.25) is 11.8 Å². The molecule has 0 radical (unpaired) electrons. The molecule has 3 N–H and O–H groups in total. The molecule has 8 rings (SSSR count). The summed E-state index contributed by atoms with van der Waals surface area (Å²) in [6, 6.07) is 8.31. The van der Waals surface area contributed by atoms with Crippen LogP contribution >= 0.6 is 0 Å². The van der Waals surface area contributed by atoms with Crippen LogP contribution in [-0.2, 0) is 9.59 Å². The molecule has 0 aromatic heterocycles. The highest BCUT2D eigenvalue weighted by molar-refractivity contribution is 6.45. The number of ketones is 1. The van der Waals surface area contributed by atoms with Crippen molar-refractivity contribution in [3.63, 3.8) is 0 Å². The zero-order valence-electron chi connectivity index (χ0n) is 32.9. The fourth-order valence-corrected chi connectivity index (χ4v) is 9.43. The van der Waals surface area contributed by atoms with Crippen LogP contribution in [0.3, 0.4) is 0 Å². The Morgan fingerprint density at radius 2 is 1.09 bits per heavy atom. The molecule has 306 valence electrons. The van der Waals surface area contributed by atoms with Crippen molar-refractivity contribution in [2.75, 3.05) is 52.4 Å².